The van der Waals surface area contributed by atoms with Gasteiger partial charge in [0.15, 0.2) is 5.78 Å². The van der Waals surface area contributed by atoms with E-state index in [2.05, 4.69) is 5.32 Å². The molecule has 0 aliphatic heterocycles. The molecular formula is C15H20N2O3. The molecule has 0 unspecified atom stereocenters. The molecule has 108 valence electrons. The molecule has 1 fully saturated rings. The summed E-state index contributed by atoms with van der Waals surface area (Å²) in [5, 5.41) is 12.7. The molecule has 0 heterocycles. The van der Waals surface area contributed by atoms with E-state index in [1.807, 2.05) is 11.9 Å². The fourth-order valence-electron chi connectivity index (χ4n) is 2.02. The van der Waals surface area contributed by atoms with E-state index in [0.717, 1.165) is 12.8 Å². The van der Waals surface area contributed by atoms with Gasteiger partial charge in [-0.15, -0.1) is 0 Å². The van der Waals surface area contributed by atoms with E-state index in [1.165, 1.54) is 13.0 Å². The second-order valence-electron chi connectivity index (χ2n) is 5.41. The number of phenolic OH excluding ortho intramolecular Hbond substituents is 1. The van der Waals surface area contributed by atoms with Crippen molar-refractivity contribution in [2.24, 2.45) is 0 Å². The molecule has 0 atom stereocenters. The van der Waals surface area contributed by atoms with Gasteiger partial charge in [-0.3, -0.25) is 14.5 Å². The first-order valence-electron chi connectivity index (χ1n) is 6.76. The van der Waals surface area contributed by atoms with Crippen molar-refractivity contribution in [1.29, 1.82) is 0 Å². The summed E-state index contributed by atoms with van der Waals surface area (Å²) < 4.78 is 0. The van der Waals surface area contributed by atoms with Gasteiger partial charge in [-0.2, -0.15) is 0 Å². The van der Waals surface area contributed by atoms with Crippen LogP contribution < -0.4 is 5.32 Å². The summed E-state index contributed by atoms with van der Waals surface area (Å²) >= 11 is 0. The Bertz CT molecular complexity index is 524. The minimum atomic E-state index is -0.0413. The minimum absolute atomic E-state index is 0.00258. The number of likely N-dealkylation sites (N-methyl/N-ethyl adjacent to an activating group) is 1. The third kappa shape index (κ3) is 4.06. The Labute approximate surface area is 118 Å². The van der Waals surface area contributed by atoms with Gasteiger partial charge < -0.3 is 10.4 Å². The molecule has 2 N–H and O–H groups in total. The van der Waals surface area contributed by atoms with E-state index >= 15 is 0 Å². The number of rotatable bonds is 6. The average molecular weight is 276 g/mol. The van der Waals surface area contributed by atoms with Crippen molar-refractivity contribution in [3.63, 3.8) is 0 Å². The predicted molar refractivity (Wildman–Crippen MR) is 75.6 cm³/mol. The Morgan fingerprint density at radius 3 is 2.70 bits per heavy atom. The van der Waals surface area contributed by atoms with Crippen LogP contribution in [0.5, 0.6) is 5.75 Å². The highest BCUT2D eigenvalue weighted by molar-refractivity contribution is 5.94. The lowest BCUT2D eigenvalue weighted by molar-refractivity contribution is -0.122. The summed E-state index contributed by atoms with van der Waals surface area (Å²) in [6.07, 6.45) is 2.13. The molecule has 0 bridgehead atoms. The lowest BCUT2D eigenvalue weighted by atomic mass is 10.1. The van der Waals surface area contributed by atoms with Gasteiger partial charge in [0.2, 0.25) is 5.91 Å². The van der Waals surface area contributed by atoms with Gasteiger partial charge in [0.05, 0.1) is 6.54 Å². The van der Waals surface area contributed by atoms with Crippen molar-refractivity contribution in [2.75, 3.05) is 13.6 Å². The van der Waals surface area contributed by atoms with E-state index < -0.39 is 0 Å². The Balaban J connectivity index is 1.95. The maximum absolute atomic E-state index is 11.7. The predicted octanol–water partition coefficient (Wildman–Crippen LogP) is 1.31. The Hall–Kier alpha value is -1.88. The Kier molecular flexibility index (Phi) is 4.39. The van der Waals surface area contributed by atoms with Crippen LogP contribution >= 0.6 is 0 Å². The second kappa shape index (κ2) is 6.05. The van der Waals surface area contributed by atoms with Gasteiger partial charge >= 0.3 is 0 Å². The lowest BCUT2D eigenvalue weighted by Gasteiger charge is -2.17. The number of nitrogens with zero attached hydrogens (tertiary/aromatic N) is 1. The van der Waals surface area contributed by atoms with Crippen LogP contribution in [0.4, 0.5) is 0 Å². The standard InChI is InChI=1S/C15H20N2O3/c1-10(18)11-3-6-14(19)12(7-11)8-17(2)9-15(20)16-13-4-5-13/h3,6-7,13,19H,4-5,8-9H2,1-2H3,(H,16,20). The zero-order valence-corrected chi connectivity index (χ0v) is 11.8. The first-order chi connectivity index (χ1) is 9.45. The fourth-order valence-corrected chi connectivity index (χ4v) is 2.02. The minimum Gasteiger partial charge on any atom is -0.508 e. The quantitative estimate of drug-likeness (QED) is 0.769. The SMILES string of the molecule is CC(=O)c1ccc(O)c(CN(C)CC(=O)NC2CC2)c1. The van der Waals surface area contributed by atoms with Gasteiger partial charge in [0, 0.05) is 23.7 Å². The maximum atomic E-state index is 11.7. The summed E-state index contributed by atoms with van der Waals surface area (Å²) in [7, 11) is 1.81. The fraction of sp³-hybridized carbons (Fsp3) is 0.467. The third-order valence-electron chi connectivity index (χ3n) is 3.28. The van der Waals surface area contributed by atoms with Crippen molar-refractivity contribution >= 4 is 11.7 Å². The smallest absolute Gasteiger partial charge is 0.234 e. The van der Waals surface area contributed by atoms with Crippen LogP contribution in [-0.4, -0.2) is 41.3 Å². The molecular weight excluding hydrogens is 256 g/mol. The summed E-state index contributed by atoms with van der Waals surface area (Å²) in [6.45, 7) is 2.19. The maximum Gasteiger partial charge on any atom is 0.234 e. The molecule has 1 amide bonds. The number of carbonyl (C=O) groups excluding carboxylic acids is 2. The molecule has 0 saturated heterocycles. The van der Waals surface area contributed by atoms with Crippen LogP contribution in [0.3, 0.4) is 0 Å². The molecule has 5 heteroatoms. The van der Waals surface area contributed by atoms with Gasteiger partial charge in [-0.25, -0.2) is 0 Å². The summed E-state index contributed by atoms with van der Waals surface area (Å²) in [6, 6.07) is 5.14. The zero-order chi connectivity index (χ0) is 14.7. The normalized spacial score (nSPS) is 14.3. The second-order valence-corrected chi connectivity index (χ2v) is 5.41. The van der Waals surface area contributed by atoms with Crippen LogP contribution in [0, 0.1) is 0 Å². The summed E-state index contributed by atoms with van der Waals surface area (Å²) in [5.41, 5.74) is 1.22. The molecule has 1 aliphatic rings. The summed E-state index contributed by atoms with van der Waals surface area (Å²) in [4.78, 5) is 24.8. The highest BCUT2D eigenvalue weighted by atomic mass is 16.3. The van der Waals surface area contributed by atoms with Crippen LogP contribution in [0.1, 0.15) is 35.7 Å². The first kappa shape index (κ1) is 14.5. The number of ketones is 1. The number of hydrogen-bond donors (Lipinski definition) is 2. The van der Waals surface area contributed by atoms with Crippen molar-refractivity contribution in [1.82, 2.24) is 10.2 Å². The number of Topliss-reactive ketones (excluding diaryl/α,β-unsaturated/α-hetero) is 1. The highest BCUT2D eigenvalue weighted by Crippen LogP contribution is 2.21. The number of benzene rings is 1. The number of phenols is 1. The van der Waals surface area contributed by atoms with Crippen LogP contribution in [-0.2, 0) is 11.3 Å². The largest absolute Gasteiger partial charge is 0.508 e. The van der Waals surface area contributed by atoms with Gasteiger partial charge in [-0.1, -0.05) is 0 Å². The van der Waals surface area contributed by atoms with E-state index in [4.69, 9.17) is 0 Å². The van der Waals surface area contributed by atoms with E-state index in [-0.39, 0.29) is 24.0 Å². The van der Waals surface area contributed by atoms with E-state index in [0.29, 0.717) is 23.7 Å². The molecule has 2 rings (SSSR count). The number of hydrogen-bond acceptors (Lipinski definition) is 4. The number of amides is 1. The Morgan fingerprint density at radius 1 is 1.40 bits per heavy atom. The van der Waals surface area contributed by atoms with Gasteiger partial charge in [-0.05, 0) is 45.0 Å². The number of aromatic hydroxyl groups is 1. The molecule has 1 saturated carbocycles. The van der Waals surface area contributed by atoms with Crippen LogP contribution in [0.2, 0.25) is 0 Å². The first-order valence-corrected chi connectivity index (χ1v) is 6.76. The molecule has 1 aliphatic carbocycles. The topological polar surface area (TPSA) is 69.6 Å². The van der Waals surface area contributed by atoms with E-state index in [9.17, 15) is 14.7 Å². The average Bonchev–Trinajstić information content (AvgIpc) is 3.15. The van der Waals surface area contributed by atoms with Crippen molar-refractivity contribution in [3.05, 3.63) is 29.3 Å². The van der Waals surface area contributed by atoms with Gasteiger partial charge in [0.1, 0.15) is 5.75 Å². The monoisotopic (exact) mass is 276 g/mol. The Morgan fingerprint density at radius 2 is 2.10 bits per heavy atom. The molecule has 1 aromatic rings. The number of carbonyl (C=O) groups is 2. The zero-order valence-electron chi connectivity index (χ0n) is 11.8. The van der Waals surface area contributed by atoms with E-state index in [1.54, 1.807) is 12.1 Å². The molecule has 0 spiro atoms. The lowest BCUT2D eigenvalue weighted by Crippen LogP contribution is -2.35. The third-order valence-corrected chi connectivity index (χ3v) is 3.28. The molecule has 1 aromatic carbocycles. The molecule has 5 nitrogen and oxygen atoms in total. The van der Waals surface area contributed by atoms with Crippen LogP contribution in [0.25, 0.3) is 0 Å². The summed E-state index contributed by atoms with van der Waals surface area (Å²) in [5.74, 6) is 0.0991. The highest BCUT2D eigenvalue weighted by Gasteiger charge is 2.23. The number of nitrogens with one attached hydrogen (secondary N) is 1. The molecule has 20 heavy (non-hydrogen) atoms. The molecule has 0 aromatic heterocycles. The van der Waals surface area contributed by atoms with Crippen LogP contribution in [0.15, 0.2) is 18.2 Å². The van der Waals surface area contributed by atoms with Crippen molar-refractivity contribution in [2.45, 2.75) is 32.4 Å². The van der Waals surface area contributed by atoms with Crippen molar-refractivity contribution in [3.8, 4) is 5.75 Å². The van der Waals surface area contributed by atoms with Gasteiger partial charge in [0.25, 0.3) is 0 Å². The van der Waals surface area contributed by atoms with Crippen molar-refractivity contribution < 1.29 is 14.7 Å². The molecule has 0 radical (unpaired) electrons.